The van der Waals surface area contributed by atoms with E-state index in [9.17, 15) is 14.7 Å². The van der Waals surface area contributed by atoms with Gasteiger partial charge in [-0.2, -0.15) is 0 Å². The van der Waals surface area contributed by atoms with Crippen LogP contribution < -0.4 is 5.32 Å². The standard InChI is InChI=1S/C13H21NO5/c1-9-2-3-10(19-9)11(15)14-8-13(12(16)17)4-6-18-7-5-13/h9-10H,2-8H2,1H3,(H,14,15)(H,16,17). The Morgan fingerprint density at radius 2 is 2.00 bits per heavy atom. The van der Waals surface area contributed by atoms with E-state index in [1.54, 1.807) is 0 Å². The molecule has 2 saturated heterocycles. The number of hydrogen-bond acceptors (Lipinski definition) is 4. The molecule has 2 aliphatic heterocycles. The van der Waals surface area contributed by atoms with Crippen molar-refractivity contribution in [3.8, 4) is 0 Å². The lowest BCUT2D eigenvalue weighted by Gasteiger charge is -2.33. The van der Waals surface area contributed by atoms with Crippen LogP contribution in [-0.2, 0) is 19.1 Å². The molecule has 0 aromatic carbocycles. The van der Waals surface area contributed by atoms with Gasteiger partial charge in [0, 0.05) is 19.8 Å². The molecule has 0 aliphatic carbocycles. The lowest BCUT2D eigenvalue weighted by atomic mass is 9.80. The first kappa shape index (κ1) is 14.3. The first-order valence-corrected chi connectivity index (χ1v) is 6.78. The van der Waals surface area contributed by atoms with Gasteiger partial charge in [-0.1, -0.05) is 0 Å². The Labute approximate surface area is 112 Å². The molecule has 1 amide bonds. The average molecular weight is 271 g/mol. The lowest BCUT2D eigenvalue weighted by molar-refractivity contribution is -0.155. The molecule has 0 aromatic rings. The van der Waals surface area contributed by atoms with Gasteiger partial charge in [0.1, 0.15) is 6.10 Å². The molecular weight excluding hydrogens is 250 g/mol. The predicted octanol–water partition coefficient (Wildman–Crippen LogP) is 0.551. The highest BCUT2D eigenvalue weighted by Crippen LogP contribution is 2.30. The summed E-state index contributed by atoms with van der Waals surface area (Å²) >= 11 is 0. The number of rotatable bonds is 4. The van der Waals surface area contributed by atoms with E-state index in [0.29, 0.717) is 32.5 Å². The van der Waals surface area contributed by atoms with E-state index >= 15 is 0 Å². The van der Waals surface area contributed by atoms with Gasteiger partial charge in [-0.05, 0) is 32.6 Å². The topological polar surface area (TPSA) is 84.9 Å². The number of carbonyl (C=O) groups excluding carboxylic acids is 1. The van der Waals surface area contributed by atoms with E-state index in [-0.39, 0.29) is 18.6 Å². The van der Waals surface area contributed by atoms with E-state index in [1.807, 2.05) is 6.92 Å². The van der Waals surface area contributed by atoms with Crippen LogP contribution in [0, 0.1) is 5.41 Å². The normalized spacial score (nSPS) is 29.9. The summed E-state index contributed by atoms with van der Waals surface area (Å²) in [7, 11) is 0. The van der Waals surface area contributed by atoms with Crippen molar-refractivity contribution in [2.75, 3.05) is 19.8 Å². The van der Waals surface area contributed by atoms with Gasteiger partial charge in [-0.15, -0.1) is 0 Å². The summed E-state index contributed by atoms with van der Waals surface area (Å²) in [5.41, 5.74) is -0.891. The van der Waals surface area contributed by atoms with Gasteiger partial charge >= 0.3 is 5.97 Å². The van der Waals surface area contributed by atoms with E-state index in [4.69, 9.17) is 9.47 Å². The van der Waals surface area contributed by atoms with Gasteiger partial charge in [-0.3, -0.25) is 9.59 Å². The average Bonchev–Trinajstić information content (AvgIpc) is 2.83. The summed E-state index contributed by atoms with van der Waals surface area (Å²) < 4.78 is 10.7. The van der Waals surface area contributed by atoms with Crippen molar-refractivity contribution in [3.63, 3.8) is 0 Å². The van der Waals surface area contributed by atoms with E-state index in [2.05, 4.69) is 5.32 Å². The maximum atomic E-state index is 11.9. The highest BCUT2D eigenvalue weighted by Gasteiger charge is 2.41. The molecule has 2 atom stereocenters. The van der Waals surface area contributed by atoms with Crippen LogP contribution in [-0.4, -0.2) is 48.9 Å². The van der Waals surface area contributed by atoms with Crippen LogP contribution in [0.1, 0.15) is 32.6 Å². The zero-order chi connectivity index (χ0) is 13.9. The van der Waals surface area contributed by atoms with Crippen molar-refractivity contribution < 1.29 is 24.2 Å². The number of carboxylic acids is 1. The highest BCUT2D eigenvalue weighted by atomic mass is 16.5. The molecule has 0 radical (unpaired) electrons. The fourth-order valence-corrected chi connectivity index (χ4v) is 2.59. The second-order valence-electron chi connectivity index (χ2n) is 5.43. The number of carboxylic acid groups (broad SMARTS) is 1. The summed E-state index contributed by atoms with van der Waals surface area (Å²) in [6, 6.07) is 0. The Balaban J connectivity index is 1.88. The van der Waals surface area contributed by atoms with Gasteiger partial charge in [0.25, 0.3) is 0 Å². The molecule has 19 heavy (non-hydrogen) atoms. The van der Waals surface area contributed by atoms with Gasteiger partial charge in [0.05, 0.1) is 11.5 Å². The predicted molar refractivity (Wildman–Crippen MR) is 66.7 cm³/mol. The zero-order valence-electron chi connectivity index (χ0n) is 11.2. The van der Waals surface area contributed by atoms with Crippen LogP contribution in [0.2, 0.25) is 0 Å². The zero-order valence-corrected chi connectivity index (χ0v) is 11.2. The molecule has 0 spiro atoms. The molecule has 2 rings (SSSR count). The molecule has 0 bridgehead atoms. The van der Waals surface area contributed by atoms with Crippen molar-refractivity contribution >= 4 is 11.9 Å². The van der Waals surface area contributed by atoms with Crippen molar-refractivity contribution in [1.29, 1.82) is 0 Å². The minimum absolute atomic E-state index is 0.104. The molecule has 6 heteroatoms. The first-order chi connectivity index (χ1) is 9.03. The Morgan fingerprint density at radius 1 is 1.32 bits per heavy atom. The van der Waals surface area contributed by atoms with E-state index in [1.165, 1.54) is 0 Å². The van der Waals surface area contributed by atoms with Gasteiger partial charge < -0.3 is 19.9 Å². The highest BCUT2D eigenvalue weighted by molar-refractivity contribution is 5.82. The molecule has 2 N–H and O–H groups in total. The first-order valence-electron chi connectivity index (χ1n) is 6.78. The summed E-state index contributed by atoms with van der Waals surface area (Å²) in [6.07, 6.45) is 2.12. The smallest absolute Gasteiger partial charge is 0.311 e. The number of aliphatic carboxylic acids is 1. The van der Waals surface area contributed by atoms with Crippen LogP contribution in [0.5, 0.6) is 0 Å². The second kappa shape index (κ2) is 5.88. The number of amides is 1. The fourth-order valence-electron chi connectivity index (χ4n) is 2.59. The molecule has 2 fully saturated rings. The molecule has 6 nitrogen and oxygen atoms in total. The molecule has 2 unspecified atom stereocenters. The third-order valence-electron chi connectivity index (χ3n) is 4.03. The summed E-state index contributed by atoms with van der Waals surface area (Å²) in [5.74, 6) is -1.06. The lowest BCUT2D eigenvalue weighted by Crippen LogP contribution is -2.48. The number of hydrogen-bond donors (Lipinski definition) is 2. The largest absolute Gasteiger partial charge is 0.481 e. The Hall–Kier alpha value is -1.14. The monoisotopic (exact) mass is 271 g/mol. The maximum Gasteiger partial charge on any atom is 0.311 e. The number of ether oxygens (including phenoxy) is 2. The minimum atomic E-state index is -0.891. The van der Waals surface area contributed by atoms with Crippen LogP contribution >= 0.6 is 0 Å². The van der Waals surface area contributed by atoms with Crippen molar-refractivity contribution in [3.05, 3.63) is 0 Å². The van der Waals surface area contributed by atoms with Crippen LogP contribution in [0.4, 0.5) is 0 Å². The fraction of sp³-hybridized carbons (Fsp3) is 0.846. The molecule has 0 aromatic heterocycles. The van der Waals surface area contributed by atoms with Gasteiger partial charge in [0.15, 0.2) is 0 Å². The van der Waals surface area contributed by atoms with E-state index < -0.39 is 17.5 Å². The Bertz CT molecular complexity index is 351. The molecular formula is C13H21NO5. The second-order valence-corrected chi connectivity index (χ2v) is 5.43. The quantitative estimate of drug-likeness (QED) is 0.780. The number of carbonyl (C=O) groups is 2. The van der Waals surface area contributed by atoms with E-state index in [0.717, 1.165) is 6.42 Å². The van der Waals surface area contributed by atoms with Gasteiger partial charge in [0.2, 0.25) is 5.91 Å². The summed E-state index contributed by atoms with van der Waals surface area (Å²) in [4.78, 5) is 23.4. The third kappa shape index (κ3) is 3.25. The van der Waals surface area contributed by atoms with Gasteiger partial charge in [-0.25, -0.2) is 0 Å². The van der Waals surface area contributed by atoms with Crippen molar-refractivity contribution in [2.24, 2.45) is 5.41 Å². The molecule has 108 valence electrons. The molecule has 0 saturated carbocycles. The minimum Gasteiger partial charge on any atom is -0.481 e. The van der Waals surface area contributed by atoms with Crippen LogP contribution in [0.3, 0.4) is 0 Å². The third-order valence-corrected chi connectivity index (χ3v) is 4.03. The number of nitrogens with one attached hydrogen (secondary N) is 1. The SMILES string of the molecule is CC1CCC(C(=O)NCC2(C(=O)O)CCOCC2)O1. The van der Waals surface area contributed by atoms with Crippen molar-refractivity contribution in [1.82, 2.24) is 5.32 Å². The molecule has 2 aliphatic rings. The van der Waals surface area contributed by atoms with Crippen LogP contribution in [0.15, 0.2) is 0 Å². The summed E-state index contributed by atoms with van der Waals surface area (Å²) in [5, 5.41) is 12.1. The van der Waals surface area contributed by atoms with Crippen LogP contribution in [0.25, 0.3) is 0 Å². The van der Waals surface area contributed by atoms with Crippen molar-refractivity contribution in [2.45, 2.75) is 44.8 Å². The Morgan fingerprint density at radius 3 is 2.53 bits per heavy atom. The maximum absolute atomic E-state index is 11.9. The Kier molecular flexibility index (Phi) is 4.42. The molecule has 2 heterocycles. The summed E-state index contributed by atoms with van der Waals surface area (Å²) in [6.45, 7) is 2.95.